The molecule has 5 rings (SSSR count). The molecule has 0 spiro atoms. The molecule has 0 unspecified atom stereocenters. The summed E-state index contributed by atoms with van der Waals surface area (Å²) in [6.07, 6.45) is 8.75. The summed E-state index contributed by atoms with van der Waals surface area (Å²) in [4.78, 5) is 18.6. The lowest BCUT2D eigenvalue weighted by Crippen LogP contribution is -2.29. The number of hydrogen-bond acceptors (Lipinski definition) is 3. The van der Waals surface area contributed by atoms with Gasteiger partial charge in [-0.2, -0.15) is 0 Å². The molecule has 1 N–H and O–H groups in total. The molecule has 1 saturated carbocycles. The van der Waals surface area contributed by atoms with Gasteiger partial charge in [-0.25, -0.2) is 0 Å². The Morgan fingerprint density at radius 3 is 2.34 bits per heavy atom. The first-order valence-corrected chi connectivity index (χ1v) is 11.6. The maximum absolute atomic E-state index is 13.6. The van der Waals surface area contributed by atoms with Crippen molar-refractivity contribution in [3.63, 3.8) is 0 Å². The van der Waals surface area contributed by atoms with E-state index in [0.29, 0.717) is 12.3 Å². The van der Waals surface area contributed by atoms with E-state index in [0.717, 1.165) is 52.7 Å². The third kappa shape index (κ3) is 4.05. The Bertz CT molecular complexity index is 1220. The summed E-state index contributed by atoms with van der Waals surface area (Å²) < 4.78 is 2.21. The van der Waals surface area contributed by atoms with Crippen molar-refractivity contribution < 1.29 is 0 Å². The SMILES string of the molecule is CC1=CCc2c(c(=O)cc(Nc3ccccc3)n2-c2ccccc2)C(C2CCCCC2)=N1. The fourth-order valence-corrected chi connectivity index (χ4v) is 4.97. The van der Waals surface area contributed by atoms with E-state index < -0.39 is 0 Å². The van der Waals surface area contributed by atoms with Crippen LogP contribution in [0.4, 0.5) is 11.5 Å². The highest BCUT2D eigenvalue weighted by Crippen LogP contribution is 2.32. The van der Waals surface area contributed by atoms with Crippen molar-refractivity contribution in [3.8, 4) is 5.69 Å². The molecule has 2 heterocycles. The number of anilines is 2. The number of allylic oxidation sites excluding steroid dienone is 2. The van der Waals surface area contributed by atoms with Gasteiger partial charge in [-0.15, -0.1) is 0 Å². The summed E-state index contributed by atoms with van der Waals surface area (Å²) >= 11 is 0. The Morgan fingerprint density at radius 1 is 0.938 bits per heavy atom. The minimum absolute atomic E-state index is 0.0537. The number of rotatable bonds is 4. The molecule has 1 fully saturated rings. The van der Waals surface area contributed by atoms with Crippen LogP contribution in [0.1, 0.15) is 50.3 Å². The molecule has 0 radical (unpaired) electrons. The normalized spacial score (nSPS) is 16.5. The van der Waals surface area contributed by atoms with Crippen LogP contribution in [0, 0.1) is 5.92 Å². The van der Waals surface area contributed by atoms with Crippen molar-refractivity contribution in [3.05, 3.63) is 100.0 Å². The molecule has 0 amide bonds. The number of aliphatic imine (C=N–C) groups is 1. The molecular formula is C28H29N3O. The molecule has 162 valence electrons. The van der Waals surface area contributed by atoms with Crippen LogP contribution in [0.3, 0.4) is 0 Å². The molecule has 0 saturated heterocycles. The van der Waals surface area contributed by atoms with E-state index in [9.17, 15) is 4.79 Å². The molecule has 0 atom stereocenters. The van der Waals surface area contributed by atoms with Gasteiger partial charge in [0, 0.05) is 41.2 Å². The topological polar surface area (TPSA) is 46.4 Å². The monoisotopic (exact) mass is 423 g/mol. The Morgan fingerprint density at radius 2 is 1.62 bits per heavy atom. The fraction of sp³-hybridized carbons (Fsp3) is 0.286. The molecule has 2 aliphatic rings. The largest absolute Gasteiger partial charge is 0.341 e. The maximum atomic E-state index is 13.6. The van der Waals surface area contributed by atoms with E-state index in [1.807, 2.05) is 48.5 Å². The molecule has 1 aliphatic heterocycles. The van der Waals surface area contributed by atoms with Crippen molar-refractivity contribution in [2.24, 2.45) is 10.9 Å². The average molecular weight is 424 g/mol. The first kappa shape index (κ1) is 20.5. The Kier molecular flexibility index (Phi) is 5.76. The molecule has 0 bridgehead atoms. The lowest BCUT2D eigenvalue weighted by atomic mass is 9.82. The molecule has 4 heteroatoms. The zero-order valence-electron chi connectivity index (χ0n) is 18.6. The molecule has 1 aromatic heterocycles. The number of nitrogens with zero attached hydrogens (tertiary/aromatic N) is 2. The van der Waals surface area contributed by atoms with Crippen molar-refractivity contribution >= 4 is 17.2 Å². The van der Waals surface area contributed by atoms with Gasteiger partial charge in [0.2, 0.25) is 0 Å². The molecule has 1 aliphatic carbocycles. The number of pyridine rings is 1. The Balaban J connectivity index is 1.73. The predicted octanol–water partition coefficient (Wildman–Crippen LogP) is 6.41. The van der Waals surface area contributed by atoms with Crippen LogP contribution in [0.2, 0.25) is 0 Å². The van der Waals surface area contributed by atoms with Crippen LogP contribution in [-0.2, 0) is 6.42 Å². The molecule has 2 aromatic carbocycles. The third-order valence-electron chi connectivity index (χ3n) is 6.51. The van der Waals surface area contributed by atoms with Gasteiger partial charge in [0.15, 0.2) is 5.43 Å². The van der Waals surface area contributed by atoms with Gasteiger partial charge >= 0.3 is 0 Å². The number of fused-ring (bicyclic) bond motifs is 1. The highest BCUT2D eigenvalue weighted by atomic mass is 16.1. The van der Waals surface area contributed by atoms with E-state index in [1.165, 1.54) is 19.3 Å². The van der Waals surface area contributed by atoms with Crippen molar-refractivity contribution in [1.29, 1.82) is 0 Å². The van der Waals surface area contributed by atoms with Gasteiger partial charge in [-0.3, -0.25) is 14.4 Å². The second-order valence-corrected chi connectivity index (χ2v) is 8.76. The first-order chi connectivity index (χ1) is 15.7. The zero-order valence-corrected chi connectivity index (χ0v) is 18.6. The molecular weight excluding hydrogens is 394 g/mol. The van der Waals surface area contributed by atoms with Crippen LogP contribution in [0.15, 0.2) is 88.3 Å². The summed E-state index contributed by atoms with van der Waals surface area (Å²) in [5.74, 6) is 1.14. The summed E-state index contributed by atoms with van der Waals surface area (Å²) in [6, 6.07) is 22.1. The summed E-state index contributed by atoms with van der Waals surface area (Å²) in [5, 5.41) is 3.49. The van der Waals surface area contributed by atoms with Gasteiger partial charge in [-0.1, -0.05) is 61.7 Å². The lowest BCUT2D eigenvalue weighted by Gasteiger charge is -2.26. The van der Waals surface area contributed by atoms with Crippen molar-refractivity contribution in [2.45, 2.75) is 45.4 Å². The van der Waals surface area contributed by atoms with E-state index in [4.69, 9.17) is 4.99 Å². The van der Waals surface area contributed by atoms with E-state index in [-0.39, 0.29) is 5.43 Å². The number of hydrogen-bond donors (Lipinski definition) is 1. The first-order valence-electron chi connectivity index (χ1n) is 11.6. The number of nitrogens with one attached hydrogen (secondary N) is 1. The van der Waals surface area contributed by atoms with Crippen LogP contribution in [0.5, 0.6) is 0 Å². The van der Waals surface area contributed by atoms with Crippen molar-refractivity contribution in [1.82, 2.24) is 4.57 Å². The second kappa shape index (κ2) is 8.99. The molecule has 32 heavy (non-hydrogen) atoms. The Labute approximate surface area is 189 Å². The van der Waals surface area contributed by atoms with Crippen molar-refractivity contribution in [2.75, 3.05) is 5.32 Å². The van der Waals surface area contributed by atoms with Crippen LogP contribution in [0.25, 0.3) is 5.69 Å². The highest BCUT2D eigenvalue weighted by Gasteiger charge is 2.28. The van der Waals surface area contributed by atoms with Gasteiger partial charge < -0.3 is 5.32 Å². The van der Waals surface area contributed by atoms with E-state index in [1.54, 1.807) is 6.07 Å². The lowest BCUT2D eigenvalue weighted by molar-refractivity contribution is 0.439. The Hall–Kier alpha value is -3.40. The molecule has 3 aromatic rings. The predicted molar refractivity (Wildman–Crippen MR) is 132 cm³/mol. The van der Waals surface area contributed by atoms with Gasteiger partial charge in [0.25, 0.3) is 0 Å². The van der Waals surface area contributed by atoms with E-state index >= 15 is 0 Å². The second-order valence-electron chi connectivity index (χ2n) is 8.76. The summed E-state index contributed by atoms with van der Waals surface area (Å²) in [7, 11) is 0. The van der Waals surface area contributed by atoms with Crippen LogP contribution in [-0.4, -0.2) is 10.3 Å². The van der Waals surface area contributed by atoms with Gasteiger partial charge in [0.05, 0.1) is 11.3 Å². The average Bonchev–Trinajstić information content (AvgIpc) is 3.00. The quantitative estimate of drug-likeness (QED) is 0.527. The standard InChI is InChI=1S/C28H29N3O/c1-20-17-18-24-27(28(29-20)21-11-5-2-6-12-21)25(32)19-26(30-22-13-7-3-8-14-22)31(24)23-15-9-4-10-16-23/h3-4,7-10,13-17,19,21,30H,2,5-6,11-12,18H2,1H3. The smallest absolute Gasteiger partial charge is 0.193 e. The minimum atomic E-state index is 0.0537. The van der Waals surface area contributed by atoms with E-state index in [2.05, 4.69) is 35.0 Å². The number of aromatic nitrogens is 1. The zero-order chi connectivity index (χ0) is 21.9. The molecule has 4 nitrogen and oxygen atoms in total. The third-order valence-corrected chi connectivity index (χ3v) is 6.51. The highest BCUT2D eigenvalue weighted by molar-refractivity contribution is 6.04. The summed E-state index contributed by atoms with van der Waals surface area (Å²) in [6.45, 7) is 2.05. The minimum Gasteiger partial charge on any atom is -0.341 e. The number of benzene rings is 2. The van der Waals surface area contributed by atoms with Gasteiger partial charge in [0.1, 0.15) is 5.82 Å². The fourth-order valence-electron chi connectivity index (χ4n) is 4.97. The van der Waals surface area contributed by atoms with Gasteiger partial charge in [-0.05, 0) is 44.0 Å². The van der Waals surface area contributed by atoms with Crippen LogP contribution < -0.4 is 10.7 Å². The van der Waals surface area contributed by atoms with Crippen LogP contribution >= 0.6 is 0 Å². The maximum Gasteiger partial charge on any atom is 0.193 e. The summed E-state index contributed by atoms with van der Waals surface area (Å²) in [5.41, 5.74) is 5.86. The number of para-hydroxylation sites is 2.